The van der Waals surface area contributed by atoms with E-state index in [1.165, 1.54) is 18.3 Å². The molecular weight excluding hydrogens is 522 g/mol. The van der Waals surface area contributed by atoms with E-state index in [0.29, 0.717) is 24.4 Å². The van der Waals surface area contributed by atoms with Gasteiger partial charge in [-0.3, -0.25) is 19.6 Å². The number of hydrogen-bond acceptors (Lipinski definition) is 7. The third-order valence-electron chi connectivity index (χ3n) is 5.99. The predicted molar refractivity (Wildman–Crippen MR) is 143 cm³/mol. The van der Waals surface area contributed by atoms with Crippen molar-refractivity contribution in [1.82, 2.24) is 25.1 Å². The first-order valence-corrected chi connectivity index (χ1v) is 14.1. The minimum absolute atomic E-state index is 0.0535. The Morgan fingerprint density at radius 3 is 2.33 bits per heavy atom. The van der Waals surface area contributed by atoms with Crippen molar-refractivity contribution in [2.45, 2.75) is 63.4 Å². The molecule has 0 bridgehead atoms. The van der Waals surface area contributed by atoms with Gasteiger partial charge in [-0.25, -0.2) is 23.6 Å². The molecule has 0 saturated carbocycles. The Balaban J connectivity index is 1.86. The number of sulfonamides is 1. The average Bonchev–Trinajstić information content (AvgIpc) is 3.29. The molecule has 1 atom stereocenters. The lowest BCUT2D eigenvalue weighted by molar-refractivity contribution is -0.129. The van der Waals surface area contributed by atoms with Gasteiger partial charge < -0.3 is 9.88 Å². The van der Waals surface area contributed by atoms with Gasteiger partial charge >= 0.3 is 0 Å². The topological polar surface area (TPSA) is 159 Å². The van der Waals surface area contributed by atoms with Crippen molar-refractivity contribution in [3.05, 3.63) is 83.4 Å². The standard InChI is InChI=1S/C27H33N5O6S/c1-3-4-10-25-28-17-24(27(35)29-22(16-26(34)30-36)15-20-8-6-5-7-9-20)32(25)18-21-11-13-23(14-12-21)39(37,38)31-19(2)33/h5-9,11-14,17,22,36H,3-4,10,15-16,18H2,1-2H3,(H,29,35)(H,30,34)(H,31,33). The highest BCUT2D eigenvalue weighted by Gasteiger charge is 2.22. The number of carbonyl (C=O) groups is 3. The number of carbonyl (C=O) groups excluding carboxylic acids is 3. The zero-order valence-electron chi connectivity index (χ0n) is 21.9. The first-order chi connectivity index (χ1) is 18.6. The van der Waals surface area contributed by atoms with Crippen molar-refractivity contribution in [3.8, 4) is 0 Å². The maximum absolute atomic E-state index is 13.4. The molecule has 208 valence electrons. The van der Waals surface area contributed by atoms with Crippen LogP contribution in [0.5, 0.6) is 0 Å². The van der Waals surface area contributed by atoms with Gasteiger partial charge in [0.1, 0.15) is 11.5 Å². The fourth-order valence-electron chi connectivity index (χ4n) is 4.11. The van der Waals surface area contributed by atoms with E-state index < -0.39 is 33.8 Å². The van der Waals surface area contributed by atoms with Gasteiger partial charge in [-0.15, -0.1) is 0 Å². The van der Waals surface area contributed by atoms with Gasteiger partial charge in [0, 0.05) is 32.4 Å². The van der Waals surface area contributed by atoms with E-state index in [1.54, 1.807) is 22.2 Å². The van der Waals surface area contributed by atoms with E-state index in [4.69, 9.17) is 5.21 Å². The molecule has 11 nitrogen and oxygen atoms in total. The molecule has 1 aromatic heterocycles. The molecule has 0 aliphatic rings. The molecule has 4 N–H and O–H groups in total. The number of imidazole rings is 1. The number of hydrogen-bond donors (Lipinski definition) is 4. The van der Waals surface area contributed by atoms with E-state index in [0.717, 1.165) is 30.9 Å². The molecule has 0 aliphatic carbocycles. The minimum Gasteiger partial charge on any atom is -0.347 e. The van der Waals surface area contributed by atoms with Crippen LogP contribution in [0.25, 0.3) is 0 Å². The maximum atomic E-state index is 13.4. The predicted octanol–water partition coefficient (Wildman–Crippen LogP) is 2.34. The number of unbranched alkanes of at least 4 members (excludes halogenated alkanes) is 1. The van der Waals surface area contributed by atoms with Gasteiger partial charge in [-0.2, -0.15) is 0 Å². The molecule has 2 aromatic carbocycles. The number of amides is 3. The Hall–Kier alpha value is -4.03. The Kier molecular flexibility index (Phi) is 10.4. The fraction of sp³-hybridized carbons (Fsp3) is 0.333. The smallest absolute Gasteiger partial charge is 0.269 e. The summed E-state index contributed by atoms with van der Waals surface area (Å²) in [6.07, 6.45) is 4.17. The lowest BCUT2D eigenvalue weighted by Gasteiger charge is -2.19. The summed E-state index contributed by atoms with van der Waals surface area (Å²) in [6.45, 7) is 3.42. The highest BCUT2D eigenvalue weighted by Crippen LogP contribution is 2.16. The largest absolute Gasteiger partial charge is 0.347 e. The molecule has 39 heavy (non-hydrogen) atoms. The van der Waals surface area contributed by atoms with Crippen molar-refractivity contribution in [2.24, 2.45) is 0 Å². The number of benzene rings is 2. The second kappa shape index (κ2) is 13.7. The van der Waals surface area contributed by atoms with Crippen molar-refractivity contribution in [2.75, 3.05) is 0 Å². The lowest BCUT2D eigenvalue weighted by atomic mass is 10.0. The van der Waals surface area contributed by atoms with Crippen LogP contribution < -0.4 is 15.5 Å². The second-order valence-corrected chi connectivity index (χ2v) is 10.8. The Morgan fingerprint density at radius 2 is 1.72 bits per heavy atom. The summed E-state index contributed by atoms with van der Waals surface area (Å²) >= 11 is 0. The molecule has 3 aromatic rings. The van der Waals surface area contributed by atoms with Crippen molar-refractivity contribution in [1.29, 1.82) is 0 Å². The Bertz CT molecular complexity index is 1390. The number of hydroxylamine groups is 1. The van der Waals surface area contributed by atoms with E-state index in [-0.39, 0.29) is 17.9 Å². The van der Waals surface area contributed by atoms with E-state index in [2.05, 4.69) is 17.2 Å². The van der Waals surface area contributed by atoms with Crippen molar-refractivity contribution < 1.29 is 28.0 Å². The quantitative estimate of drug-likeness (QED) is 0.186. The van der Waals surface area contributed by atoms with Crippen molar-refractivity contribution in [3.63, 3.8) is 0 Å². The SMILES string of the molecule is CCCCc1ncc(C(=O)NC(CC(=O)NO)Cc2ccccc2)n1Cc1ccc(S(=O)(=O)NC(C)=O)cc1. The van der Waals surface area contributed by atoms with Crippen LogP contribution in [0.4, 0.5) is 0 Å². The number of aryl methyl sites for hydroxylation is 1. The molecule has 0 spiro atoms. The Labute approximate surface area is 227 Å². The number of rotatable bonds is 13. The molecule has 0 saturated heterocycles. The Morgan fingerprint density at radius 1 is 1.03 bits per heavy atom. The van der Waals surface area contributed by atoms with Crippen LogP contribution in [-0.4, -0.2) is 46.9 Å². The van der Waals surface area contributed by atoms with Crippen LogP contribution in [0.15, 0.2) is 65.7 Å². The molecule has 0 fully saturated rings. The van der Waals surface area contributed by atoms with Crippen LogP contribution in [-0.2, 0) is 39.0 Å². The van der Waals surface area contributed by atoms with Crippen LogP contribution >= 0.6 is 0 Å². The van der Waals surface area contributed by atoms with Crippen molar-refractivity contribution >= 4 is 27.7 Å². The second-order valence-electron chi connectivity index (χ2n) is 9.15. The van der Waals surface area contributed by atoms with Gasteiger partial charge in [0.15, 0.2) is 0 Å². The van der Waals surface area contributed by atoms with Crippen LogP contribution in [0.3, 0.4) is 0 Å². The summed E-state index contributed by atoms with van der Waals surface area (Å²) in [4.78, 5) is 41.0. The molecule has 0 aliphatic heterocycles. The van der Waals surface area contributed by atoms with Crippen LogP contribution in [0.1, 0.15) is 60.5 Å². The monoisotopic (exact) mass is 555 g/mol. The van der Waals surface area contributed by atoms with Crippen LogP contribution in [0, 0.1) is 0 Å². The zero-order chi connectivity index (χ0) is 28.4. The van der Waals surface area contributed by atoms with Gasteiger partial charge in [0.2, 0.25) is 11.8 Å². The molecular formula is C27H33N5O6S. The fourth-order valence-corrected chi connectivity index (χ4v) is 5.10. The zero-order valence-corrected chi connectivity index (χ0v) is 22.7. The normalized spacial score (nSPS) is 12.0. The molecule has 1 heterocycles. The first kappa shape index (κ1) is 29.5. The highest BCUT2D eigenvalue weighted by molar-refractivity contribution is 7.90. The molecule has 3 rings (SSSR count). The lowest BCUT2D eigenvalue weighted by Crippen LogP contribution is -2.41. The van der Waals surface area contributed by atoms with Gasteiger partial charge in [0.05, 0.1) is 11.1 Å². The third-order valence-corrected chi connectivity index (χ3v) is 7.44. The van der Waals surface area contributed by atoms with Gasteiger partial charge in [0.25, 0.3) is 15.9 Å². The van der Waals surface area contributed by atoms with E-state index >= 15 is 0 Å². The molecule has 1 unspecified atom stereocenters. The minimum atomic E-state index is -3.96. The maximum Gasteiger partial charge on any atom is 0.269 e. The summed E-state index contributed by atoms with van der Waals surface area (Å²) in [5.74, 6) is -1.04. The highest BCUT2D eigenvalue weighted by atomic mass is 32.2. The summed E-state index contributed by atoms with van der Waals surface area (Å²) < 4.78 is 28.3. The third kappa shape index (κ3) is 8.48. The first-order valence-electron chi connectivity index (χ1n) is 12.6. The van der Waals surface area contributed by atoms with Crippen LogP contribution in [0.2, 0.25) is 0 Å². The number of nitrogens with one attached hydrogen (secondary N) is 3. The number of nitrogens with zero attached hydrogens (tertiary/aromatic N) is 2. The van der Waals surface area contributed by atoms with E-state index in [1.807, 2.05) is 35.1 Å². The molecule has 12 heteroatoms. The summed E-state index contributed by atoms with van der Waals surface area (Å²) in [7, 11) is -3.96. The van der Waals surface area contributed by atoms with E-state index in [9.17, 15) is 22.8 Å². The summed E-state index contributed by atoms with van der Waals surface area (Å²) in [5, 5.41) is 11.9. The van der Waals surface area contributed by atoms with Gasteiger partial charge in [-0.05, 0) is 36.1 Å². The molecule has 0 radical (unpaired) electrons. The summed E-state index contributed by atoms with van der Waals surface area (Å²) in [5.41, 5.74) is 3.55. The molecule has 3 amide bonds. The number of aromatic nitrogens is 2. The average molecular weight is 556 g/mol. The summed E-state index contributed by atoms with van der Waals surface area (Å²) in [6, 6.07) is 14.8. The van der Waals surface area contributed by atoms with Gasteiger partial charge in [-0.1, -0.05) is 55.8 Å².